The predicted molar refractivity (Wildman–Crippen MR) is 176 cm³/mol. The molecule has 3 rings (SSSR count). The van der Waals surface area contributed by atoms with Gasteiger partial charge >= 0.3 is 5.97 Å². The Hall–Kier alpha value is -1.32. The third kappa shape index (κ3) is 15.0. The van der Waals surface area contributed by atoms with Crippen LogP contribution in [0.15, 0.2) is 11.6 Å². The molecule has 0 radical (unpaired) electrons. The number of hydrogen-bond acceptors (Lipinski definition) is 8. The van der Waals surface area contributed by atoms with Crippen LogP contribution in [0.2, 0.25) is 0 Å². The smallest absolute Gasteiger partial charge is 0.334 e. The topological polar surface area (TPSA) is 123 Å². The van der Waals surface area contributed by atoms with E-state index in [0.717, 1.165) is 51.4 Å². The maximum atomic E-state index is 12.5. The summed E-state index contributed by atoms with van der Waals surface area (Å²) in [7, 11) is 0. The third-order valence-corrected chi connectivity index (χ3v) is 9.89. The van der Waals surface area contributed by atoms with E-state index in [1.165, 1.54) is 51.4 Å². The minimum Gasteiger partial charge on any atom is -0.455 e. The summed E-state index contributed by atoms with van der Waals surface area (Å²) in [5.74, 6) is -0.0775. The molecule has 0 bridgehead atoms. The van der Waals surface area contributed by atoms with E-state index in [2.05, 4.69) is 6.92 Å². The van der Waals surface area contributed by atoms with Gasteiger partial charge in [-0.05, 0) is 57.9 Å². The van der Waals surface area contributed by atoms with Crippen LogP contribution in [0.1, 0.15) is 162 Å². The minimum absolute atomic E-state index is 0.147. The third-order valence-electron chi connectivity index (χ3n) is 9.89. The van der Waals surface area contributed by atoms with E-state index in [1.54, 1.807) is 6.08 Å². The van der Waals surface area contributed by atoms with Crippen LogP contribution < -0.4 is 0 Å². The molecule has 45 heavy (non-hydrogen) atoms. The van der Waals surface area contributed by atoms with Crippen molar-refractivity contribution >= 4 is 11.8 Å². The number of cyclic esters (lactones) is 1. The van der Waals surface area contributed by atoms with E-state index in [9.17, 15) is 24.9 Å². The van der Waals surface area contributed by atoms with E-state index in [-0.39, 0.29) is 42.3 Å². The molecule has 260 valence electrons. The van der Waals surface area contributed by atoms with Gasteiger partial charge in [-0.15, -0.1) is 0 Å². The maximum Gasteiger partial charge on any atom is 0.334 e. The molecule has 8 heteroatoms. The zero-order chi connectivity index (χ0) is 32.4. The van der Waals surface area contributed by atoms with Crippen LogP contribution in [0.25, 0.3) is 0 Å². The molecule has 3 aliphatic rings. The molecule has 3 N–H and O–H groups in total. The van der Waals surface area contributed by atoms with E-state index in [0.29, 0.717) is 50.5 Å². The number of aliphatic hydroxyl groups is 3. The molecule has 0 aromatic heterocycles. The van der Waals surface area contributed by atoms with Crippen molar-refractivity contribution in [3.05, 3.63) is 11.6 Å². The lowest BCUT2D eigenvalue weighted by Crippen LogP contribution is -2.29. The summed E-state index contributed by atoms with van der Waals surface area (Å²) >= 11 is 0. The van der Waals surface area contributed by atoms with E-state index >= 15 is 0 Å². The highest BCUT2D eigenvalue weighted by atomic mass is 16.5. The Kier molecular flexibility index (Phi) is 18.2. The Balaban J connectivity index is 1.18. The van der Waals surface area contributed by atoms with Crippen LogP contribution in [-0.4, -0.2) is 75.9 Å². The van der Waals surface area contributed by atoms with Crippen LogP contribution >= 0.6 is 0 Å². The minimum atomic E-state index is -0.588. The first kappa shape index (κ1) is 38.1. The molecule has 0 saturated carbocycles. The number of carbonyl (C=O) groups is 2. The Morgan fingerprint density at radius 2 is 1.56 bits per heavy atom. The Bertz CT molecular complexity index is 874. The molecule has 0 spiro atoms. The molecule has 0 aromatic carbocycles. The average molecular weight is 637 g/mol. The molecule has 0 aromatic rings. The molecule has 3 aliphatic heterocycles. The standard InChI is InChI=1S/C37H64O8/c1-3-4-5-6-7-8-9-10-11-13-17-30(39)25-32-26-34(41)36(45-32)22-20-33(40)35-21-19-31(44-35)18-15-12-14-16-29(38)24-28-23-27(2)43-37(28)42/h23,27,29,31-36,38,40-41H,3-22,24-26H2,1-2H3/t27?,29?,31-,32+,33+,34+,35+,36+/m0/s1. The average Bonchev–Trinajstić information content (AvgIpc) is 3.70. The Morgan fingerprint density at radius 3 is 2.24 bits per heavy atom. The molecule has 3 heterocycles. The molecule has 2 fully saturated rings. The number of carbonyl (C=O) groups excluding carboxylic acids is 2. The highest BCUT2D eigenvalue weighted by Gasteiger charge is 2.36. The van der Waals surface area contributed by atoms with Crippen LogP contribution in [0, 0.1) is 0 Å². The van der Waals surface area contributed by atoms with Crippen LogP contribution in [0.3, 0.4) is 0 Å². The summed E-state index contributed by atoms with van der Waals surface area (Å²) in [6.07, 6.45) is 21.0. The lowest BCUT2D eigenvalue weighted by molar-refractivity contribution is -0.139. The number of unbranched alkanes of at least 4 members (excludes halogenated alkanes) is 11. The fourth-order valence-electron chi connectivity index (χ4n) is 7.19. The molecule has 2 saturated heterocycles. The summed E-state index contributed by atoms with van der Waals surface area (Å²) in [5, 5.41) is 31.6. The fourth-order valence-corrected chi connectivity index (χ4v) is 7.19. The SMILES string of the molecule is CCCCCCCCCCCCC(=O)C[C@@H]1C[C@@H](O)[C@@H](CC[C@@H](O)[C@H]2CC[C@H](CCCCCC(O)CC3=CC(C)OC3=O)O2)O1. The number of ketones is 1. The summed E-state index contributed by atoms with van der Waals surface area (Å²) < 4.78 is 17.3. The molecule has 0 aliphatic carbocycles. The summed E-state index contributed by atoms with van der Waals surface area (Å²) in [6.45, 7) is 4.07. The normalized spacial score (nSPS) is 27.9. The Labute approximate surface area is 272 Å². The second kappa shape index (κ2) is 21.5. The van der Waals surface area contributed by atoms with Gasteiger partial charge in [-0.25, -0.2) is 4.79 Å². The van der Waals surface area contributed by atoms with Gasteiger partial charge in [-0.1, -0.05) is 84.0 Å². The zero-order valence-electron chi connectivity index (χ0n) is 28.3. The van der Waals surface area contributed by atoms with Crippen molar-refractivity contribution in [2.24, 2.45) is 0 Å². The number of Topliss-reactive ketones (excluding diaryl/α,β-unsaturated/α-hetero) is 1. The molecular weight excluding hydrogens is 572 g/mol. The number of aliphatic hydroxyl groups excluding tert-OH is 3. The van der Waals surface area contributed by atoms with Crippen molar-refractivity contribution in [2.75, 3.05) is 0 Å². The van der Waals surface area contributed by atoms with Gasteiger partial charge in [0.2, 0.25) is 0 Å². The van der Waals surface area contributed by atoms with Gasteiger partial charge in [0, 0.05) is 31.3 Å². The second-order valence-electron chi connectivity index (χ2n) is 14.1. The Morgan fingerprint density at radius 1 is 0.867 bits per heavy atom. The van der Waals surface area contributed by atoms with Gasteiger partial charge in [0.25, 0.3) is 0 Å². The monoisotopic (exact) mass is 636 g/mol. The van der Waals surface area contributed by atoms with Gasteiger partial charge in [-0.3, -0.25) is 4.79 Å². The van der Waals surface area contributed by atoms with Gasteiger partial charge in [0.1, 0.15) is 11.9 Å². The first-order chi connectivity index (χ1) is 21.7. The summed E-state index contributed by atoms with van der Waals surface area (Å²) in [4.78, 5) is 24.2. The van der Waals surface area contributed by atoms with Gasteiger partial charge in [-0.2, -0.15) is 0 Å². The number of hydrogen-bond donors (Lipinski definition) is 3. The summed E-state index contributed by atoms with van der Waals surface area (Å²) in [5.41, 5.74) is 0.581. The quantitative estimate of drug-likeness (QED) is 0.0721. The van der Waals surface area contributed by atoms with Crippen molar-refractivity contribution in [2.45, 2.75) is 210 Å². The lowest BCUT2D eigenvalue weighted by atomic mass is 9.99. The highest BCUT2D eigenvalue weighted by Crippen LogP contribution is 2.31. The first-order valence-electron chi connectivity index (χ1n) is 18.5. The van der Waals surface area contributed by atoms with Crippen molar-refractivity contribution in [1.29, 1.82) is 0 Å². The molecule has 2 unspecified atom stereocenters. The largest absolute Gasteiger partial charge is 0.455 e. The highest BCUT2D eigenvalue weighted by molar-refractivity contribution is 5.90. The van der Waals surface area contributed by atoms with E-state index in [1.807, 2.05) is 6.92 Å². The van der Waals surface area contributed by atoms with Crippen molar-refractivity contribution < 1.29 is 39.1 Å². The number of esters is 1. The molecule has 8 nitrogen and oxygen atoms in total. The number of ether oxygens (including phenoxy) is 3. The first-order valence-corrected chi connectivity index (χ1v) is 18.5. The summed E-state index contributed by atoms with van der Waals surface area (Å²) in [6, 6.07) is 0. The fraction of sp³-hybridized carbons (Fsp3) is 0.892. The van der Waals surface area contributed by atoms with Crippen molar-refractivity contribution in [1.82, 2.24) is 0 Å². The molecular formula is C37H64O8. The van der Waals surface area contributed by atoms with Crippen LogP contribution in [-0.2, 0) is 23.8 Å². The molecule has 8 atom stereocenters. The van der Waals surface area contributed by atoms with E-state index in [4.69, 9.17) is 14.2 Å². The van der Waals surface area contributed by atoms with Crippen LogP contribution in [0.4, 0.5) is 0 Å². The second-order valence-corrected chi connectivity index (χ2v) is 14.1. The zero-order valence-corrected chi connectivity index (χ0v) is 28.3. The van der Waals surface area contributed by atoms with Gasteiger partial charge < -0.3 is 29.5 Å². The molecule has 0 amide bonds. The van der Waals surface area contributed by atoms with E-state index < -0.39 is 18.3 Å². The van der Waals surface area contributed by atoms with Crippen molar-refractivity contribution in [3.63, 3.8) is 0 Å². The predicted octanol–water partition coefficient (Wildman–Crippen LogP) is 7.04. The lowest BCUT2D eigenvalue weighted by Gasteiger charge is -2.22. The van der Waals surface area contributed by atoms with Crippen LogP contribution in [0.5, 0.6) is 0 Å². The van der Waals surface area contributed by atoms with Crippen molar-refractivity contribution in [3.8, 4) is 0 Å². The van der Waals surface area contributed by atoms with Gasteiger partial charge in [0.05, 0.1) is 42.7 Å². The van der Waals surface area contributed by atoms with Gasteiger partial charge in [0.15, 0.2) is 0 Å². The number of rotatable bonds is 25. The maximum absolute atomic E-state index is 12.5.